The van der Waals surface area contributed by atoms with Crippen LogP contribution in [0.4, 0.5) is 0 Å². The van der Waals surface area contributed by atoms with E-state index in [4.69, 9.17) is 9.47 Å². The molecule has 1 saturated heterocycles. The fourth-order valence-corrected chi connectivity index (χ4v) is 3.16. The Morgan fingerprint density at radius 2 is 2.32 bits per heavy atom. The maximum atomic E-state index is 12.1. The molecule has 1 N–H and O–H groups in total. The van der Waals surface area contributed by atoms with Gasteiger partial charge in [0.15, 0.2) is 0 Å². The second kappa shape index (κ2) is 7.24. The Morgan fingerprint density at radius 3 is 3.14 bits per heavy atom. The van der Waals surface area contributed by atoms with Gasteiger partial charge in [0.25, 0.3) is 0 Å². The van der Waals surface area contributed by atoms with Crippen LogP contribution in [-0.2, 0) is 33.7 Å². The number of aryl methyl sites for hydroxylation is 1. The van der Waals surface area contributed by atoms with Crippen molar-refractivity contribution in [3.05, 3.63) is 17.0 Å². The first kappa shape index (κ1) is 15.5. The molecule has 0 bridgehead atoms. The molecule has 6 heteroatoms. The Kier molecular flexibility index (Phi) is 5.10. The lowest BCUT2D eigenvalue weighted by atomic mass is 10.1. The fourth-order valence-electron chi connectivity index (χ4n) is 3.16. The number of fused-ring (bicyclic) bond motifs is 1. The average molecular weight is 307 g/mol. The first-order valence-electron chi connectivity index (χ1n) is 8.22. The van der Waals surface area contributed by atoms with Gasteiger partial charge in [0, 0.05) is 19.3 Å². The molecule has 1 aromatic heterocycles. The lowest BCUT2D eigenvalue weighted by Crippen LogP contribution is -2.32. The Labute approximate surface area is 131 Å². The van der Waals surface area contributed by atoms with Crippen molar-refractivity contribution in [1.82, 2.24) is 15.1 Å². The van der Waals surface area contributed by atoms with Crippen molar-refractivity contribution in [2.45, 2.75) is 51.2 Å². The Bertz CT molecular complexity index is 509. The average Bonchev–Trinajstić information content (AvgIpc) is 3.13. The molecule has 1 fully saturated rings. The molecular formula is C16H25N3O3. The van der Waals surface area contributed by atoms with Crippen LogP contribution in [0, 0.1) is 0 Å². The molecule has 1 aliphatic heterocycles. The number of hydrogen-bond donors (Lipinski definition) is 1. The second-order valence-electron chi connectivity index (χ2n) is 6.23. The predicted octanol–water partition coefficient (Wildman–Crippen LogP) is 1.44. The lowest BCUT2D eigenvalue weighted by Gasteiger charge is -2.23. The number of amides is 1. The van der Waals surface area contributed by atoms with Gasteiger partial charge in [-0.1, -0.05) is 0 Å². The number of nitrogens with zero attached hydrogens (tertiary/aromatic N) is 2. The smallest absolute Gasteiger partial charge is 0.248 e. The molecule has 1 atom stereocenters. The summed E-state index contributed by atoms with van der Waals surface area (Å²) >= 11 is 0. The number of ether oxygens (including phenoxy) is 2. The third-order valence-corrected chi connectivity index (χ3v) is 4.51. The van der Waals surface area contributed by atoms with Crippen molar-refractivity contribution in [3.63, 3.8) is 0 Å². The van der Waals surface area contributed by atoms with Gasteiger partial charge in [-0.25, -0.2) is 0 Å². The van der Waals surface area contributed by atoms with E-state index in [1.807, 2.05) is 0 Å². The van der Waals surface area contributed by atoms with E-state index in [2.05, 4.69) is 10.2 Å². The van der Waals surface area contributed by atoms with Crippen molar-refractivity contribution in [1.29, 1.82) is 0 Å². The minimum atomic E-state index is -0.00874. The molecule has 2 aliphatic rings. The van der Waals surface area contributed by atoms with Crippen LogP contribution >= 0.6 is 0 Å². The molecule has 22 heavy (non-hydrogen) atoms. The lowest BCUT2D eigenvalue weighted by molar-refractivity contribution is -0.137. The first-order valence-corrected chi connectivity index (χ1v) is 8.22. The van der Waals surface area contributed by atoms with E-state index in [0.717, 1.165) is 38.0 Å². The van der Waals surface area contributed by atoms with E-state index in [-0.39, 0.29) is 18.6 Å². The van der Waals surface area contributed by atoms with Gasteiger partial charge < -0.3 is 14.4 Å². The summed E-state index contributed by atoms with van der Waals surface area (Å²) in [4.78, 5) is 13.8. The van der Waals surface area contributed by atoms with Crippen LogP contribution in [0.2, 0.25) is 0 Å². The van der Waals surface area contributed by atoms with Crippen molar-refractivity contribution < 1.29 is 14.3 Å². The highest BCUT2D eigenvalue weighted by atomic mass is 16.5. The molecule has 0 unspecified atom stereocenters. The van der Waals surface area contributed by atoms with E-state index in [1.54, 1.807) is 11.9 Å². The number of nitrogens with one attached hydrogen (secondary N) is 1. The third-order valence-electron chi connectivity index (χ3n) is 4.51. The highest BCUT2D eigenvalue weighted by Gasteiger charge is 2.21. The topological polar surface area (TPSA) is 67.5 Å². The molecule has 0 saturated carbocycles. The molecule has 122 valence electrons. The van der Waals surface area contributed by atoms with Crippen molar-refractivity contribution >= 4 is 5.91 Å². The summed E-state index contributed by atoms with van der Waals surface area (Å²) < 4.78 is 11.1. The molecule has 1 aliphatic carbocycles. The molecule has 0 aromatic carbocycles. The zero-order chi connectivity index (χ0) is 15.4. The standard InChI is InChI=1S/C16H25N3O3/c1-19(9-15-13-6-4-7-14(13)17-18-15)16(20)11-21-10-12-5-2-3-8-22-12/h12H,2-11H2,1H3,(H,17,18)/t12-/m0/s1. The van der Waals surface area contributed by atoms with Gasteiger partial charge in [-0.2, -0.15) is 5.10 Å². The molecule has 0 spiro atoms. The van der Waals surface area contributed by atoms with Gasteiger partial charge >= 0.3 is 0 Å². The molecule has 3 rings (SSSR count). The van der Waals surface area contributed by atoms with Crippen LogP contribution in [0.1, 0.15) is 42.6 Å². The summed E-state index contributed by atoms with van der Waals surface area (Å²) in [7, 11) is 1.80. The zero-order valence-corrected chi connectivity index (χ0v) is 13.3. The van der Waals surface area contributed by atoms with Crippen molar-refractivity contribution in [2.24, 2.45) is 0 Å². The van der Waals surface area contributed by atoms with Gasteiger partial charge in [-0.3, -0.25) is 9.89 Å². The van der Waals surface area contributed by atoms with E-state index >= 15 is 0 Å². The number of carbonyl (C=O) groups excluding carboxylic acids is 1. The Morgan fingerprint density at radius 1 is 1.41 bits per heavy atom. The van der Waals surface area contributed by atoms with Crippen molar-refractivity contribution in [2.75, 3.05) is 26.9 Å². The first-order chi connectivity index (χ1) is 10.7. The van der Waals surface area contributed by atoms with Crippen LogP contribution in [0.25, 0.3) is 0 Å². The van der Waals surface area contributed by atoms with E-state index in [9.17, 15) is 4.79 Å². The fraction of sp³-hybridized carbons (Fsp3) is 0.750. The van der Waals surface area contributed by atoms with Gasteiger partial charge in [0.05, 0.1) is 24.9 Å². The van der Waals surface area contributed by atoms with Gasteiger partial charge in [0.1, 0.15) is 6.61 Å². The minimum Gasteiger partial charge on any atom is -0.376 e. The summed E-state index contributed by atoms with van der Waals surface area (Å²) in [5, 5.41) is 7.42. The maximum absolute atomic E-state index is 12.1. The van der Waals surface area contributed by atoms with Gasteiger partial charge in [-0.15, -0.1) is 0 Å². The summed E-state index contributed by atoms with van der Waals surface area (Å²) in [6.07, 6.45) is 6.82. The molecule has 0 radical (unpaired) electrons. The van der Waals surface area contributed by atoms with Crippen LogP contribution in [0.3, 0.4) is 0 Å². The Hall–Kier alpha value is -1.40. The monoisotopic (exact) mass is 307 g/mol. The van der Waals surface area contributed by atoms with E-state index in [0.29, 0.717) is 13.2 Å². The number of rotatable bonds is 6. The molecule has 1 amide bonds. The number of carbonyl (C=O) groups is 1. The molecule has 2 heterocycles. The minimum absolute atomic E-state index is 0.00874. The summed E-state index contributed by atoms with van der Waals surface area (Å²) in [6, 6.07) is 0. The largest absolute Gasteiger partial charge is 0.376 e. The number of likely N-dealkylation sites (N-methyl/N-ethyl adjacent to an activating group) is 1. The predicted molar refractivity (Wildman–Crippen MR) is 81.5 cm³/mol. The summed E-state index contributed by atoms with van der Waals surface area (Å²) in [5.41, 5.74) is 3.54. The maximum Gasteiger partial charge on any atom is 0.248 e. The quantitative estimate of drug-likeness (QED) is 0.863. The summed E-state index contributed by atoms with van der Waals surface area (Å²) in [5.74, 6) is -0.00874. The molecular weight excluding hydrogens is 282 g/mol. The Balaban J connectivity index is 1.41. The van der Waals surface area contributed by atoms with Crippen LogP contribution in [0.15, 0.2) is 0 Å². The van der Waals surface area contributed by atoms with Crippen LogP contribution < -0.4 is 0 Å². The van der Waals surface area contributed by atoms with Crippen LogP contribution in [0.5, 0.6) is 0 Å². The zero-order valence-electron chi connectivity index (χ0n) is 13.3. The van der Waals surface area contributed by atoms with E-state index < -0.39 is 0 Å². The van der Waals surface area contributed by atoms with E-state index in [1.165, 1.54) is 24.1 Å². The molecule has 6 nitrogen and oxygen atoms in total. The number of aromatic amines is 1. The second-order valence-corrected chi connectivity index (χ2v) is 6.23. The molecule has 1 aromatic rings. The normalized spacial score (nSPS) is 20.9. The van der Waals surface area contributed by atoms with Gasteiger partial charge in [0.2, 0.25) is 5.91 Å². The van der Waals surface area contributed by atoms with Gasteiger partial charge in [-0.05, 0) is 44.1 Å². The third kappa shape index (κ3) is 3.67. The number of hydrogen-bond acceptors (Lipinski definition) is 4. The van der Waals surface area contributed by atoms with Crippen molar-refractivity contribution in [3.8, 4) is 0 Å². The number of H-pyrrole nitrogens is 1. The van der Waals surface area contributed by atoms with Crippen LogP contribution in [-0.4, -0.2) is 54.0 Å². The highest BCUT2D eigenvalue weighted by Crippen LogP contribution is 2.23. The summed E-state index contributed by atoms with van der Waals surface area (Å²) in [6.45, 7) is 1.99. The number of aromatic nitrogens is 2. The highest BCUT2D eigenvalue weighted by molar-refractivity contribution is 5.77. The SMILES string of the molecule is CN(Cc1n[nH]c2c1CCC2)C(=O)COC[C@@H]1CCCCO1.